The number of hydrogen-bond donors (Lipinski definition) is 2. The molecule has 3 unspecified atom stereocenters. The van der Waals surface area contributed by atoms with Crippen LogP contribution in [-0.4, -0.2) is 59.4 Å². The van der Waals surface area contributed by atoms with Crippen LogP contribution < -0.4 is 10.6 Å². The maximum atomic E-state index is 13.4. The molecule has 35 heavy (non-hydrogen) atoms. The summed E-state index contributed by atoms with van der Waals surface area (Å²) in [5.74, 6) is -0.0245. The molecule has 2 N–H and O–H groups in total. The van der Waals surface area contributed by atoms with E-state index in [4.69, 9.17) is 0 Å². The van der Waals surface area contributed by atoms with Crippen molar-refractivity contribution in [1.29, 1.82) is 0 Å². The van der Waals surface area contributed by atoms with Crippen LogP contribution in [0.25, 0.3) is 0 Å². The van der Waals surface area contributed by atoms with Gasteiger partial charge in [-0.2, -0.15) is 0 Å². The number of urea groups is 1. The fourth-order valence-corrected chi connectivity index (χ4v) is 4.54. The quantitative estimate of drug-likeness (QED) is 0.365. The van der Waals surface area contributed by atoms with E-state index in [-0.39, 0.29) is 29.8 Å². The highest BCUT2D eigenvalue weighted by molar-refractivity contribution is 5.90. The van der Waals surface area contributed by atoms with E-state index < -0.39 is 6.04 Å². The number of nitrogens with one attached hydrogen (secondary N) is 2. The van der Waals surface area contributed by atoms with E-state index in [1.54, 1.807) is 4.90 Å². The lowest BCUT2D eigenvalue weighted by Crippen LogP contribution is -2.60. The van der Waals surface area contributed by atoms with Gasteiger partial charge in [-0.25, -0.2) is 4.79 Å². The van der Waals surface area contributed by atoms with Gasteiger partial charge < -0.3 is 20.4 Å². The minimum atomic E-state index is -0.519. The van der Waals surface area contributed by atoms with Crippen LogP contribution in [0.1, 0.15) is 85.5 Å². The topological polar surface area (TPSA) is 81.8 Å². The molecule has 1 saturated heterocycles. The van der Waals surface area contributed by atoms with Gasteiger partial charge in [0, 0.05) is 37.8 Å². The second-order valence-electron chi connectivity index (χ2n) is 9.92. The molecule has 0 aromatic heterocycles. The molecule has 1 aliphatic rings. The van der Waals surface area contributed by atoms with Crippen LogP contribution in [0.5, 0.6) is 0 Å². The maximum Gasteiger partial charge on any atom is 0.322 e. The summed E-state index contributed by atoms with van der Waals surface area (Å²) in [6.07, 6.45) is 9.40. The number of piperazine rings is 1. The first kappa shape index (κ1) is 28.7. The number of nitrogens with zero attached hydrogens (tertiary/aromatic N) is 2. The van der Waals surface area contributed by atoms with Crippen molar-refractivity contribution in [3.63, 3.8) is 0 Å². The van der Waals surface area contributed by atoms with Crippen LogP contribution in [0.4, 0.5) is 10.5 Å². The number of para-hydroxylation sites is 1. The predicted octanol–water partition coefficient (Wildman–Crippen LogP) is 5.42. The van der Waals surface area contributed by atoms with Gasteiger partial charge in [0.25, 0.3) is 0 Å². The third-order valence-corrected chi connectivity index (χ3v) is 7.03. The Bertz CT molecular complexity index is 786. The van der Waals surface area contributed by atoms with Gasteiger partial charge in [0.1, 0.15) is 6.04 Å². The van der Waals surface area contributed by atoms with E-state index in [9.17, 15) is 14.4 Å². The third kappa shape index (κ3) is 9.54. The van der Waals surface area contributed by atoms with Crippen LogP contribution in [0.15, 0.2) is 30.3 Å². The molecule has 1 fully saturated rings. The zero-order valence-corrected chi connectivity index (χ0v) is 22.2. The highest BCUT2D eigenvalue weighted by Gasteiger charge is 2.35. The van der Waals surface area contributed by atoms with E-state index in [1.165, 1.54) is 32.1 Å². The molecule has 1 heterocycles. The molecule has 0 aliphatic carbocycles. The largest absolute Gasteiger partial charge is 0.344 e. The average molecular weight is 487 g/mol. The van der Waals surface area contributed by atoms with Gasteiger partial charge in [0.15, 0.2) is 0 Å². The van der Waals surface area contributed by atoms with Crippen LogP contribution in [0.2, 0.25) is 0 Å². The van der Waals surface area contributed by atoms with Crippen molar-refractivity contribution in [3.8, 4) is 0 Å². The van der Waals surface area contributed by atoms with Crippen LogP contribution >= 0.6 is 0 Å². The zero-order chi connectivity index (χ0) is 25.6. The summed E-state index contributed by atoms with van der Waals surface area (Å²) >= 11 is 0. The van der Waals surface area contributed by atoms with E-state index in [0.29, 0.717) is 26.1 Å². The third-order valence-electron chi connectivity index (χ3n) is 7.03. The van der Waals surface area contributed by atoms with E-state index in [0.717, 1.165) is 24.9 Å². The Morgan fingerprint density at radius 1 is 0.971 bits per heavy atom. The van der Waals surface area contributed by atoms with Crippen LogP contribution in [0, 0.1) is 5.92 Å². The molecule has 1 aromatic rings. The van der Waals surface area contributed by atoms with Crippen molar-refractivity contribution in [2.75, 3.05) is 25.0 Å². The molecule has 0 radical (unpaired) electrons. The van der Waals surface area contributed by atoms with Crippen LogP contribution in [-0.2, 0) is 9.59 Å². The van der Waals surface area contributed by atoms with Crippen molar-refractivity contribution in [2.45, 2.75) is 97.6 Å². The predicted molar refractivity (Wildman–Crippen MR) is 142 cm³/mol. The minimum Gasteiger partial charge on any atom is -0.344 e. The molecule has 2 rings (SSSR count). The molecule has 7 heteroatoms. The van der Waals surface area contributed by atoms with Gasteiger partial charge in [-0.1, -0.05) is 83.9 Å². The maximum absolute atomic E-state index is 13.4. The smallest absolute Gasteiger partial charge is 0.322 e. The molecular formula is C28H46N4O3. The zero-order valence-electron chi connectivity index (χ0n) is 22.2. The first-order valence-electron chi connectivity index (χ1n) is 13.6. The molecule has 0 spiro atoms. The van der Waals surface area contributed by atoms with Crippen molar-refractivity contribution in [2.24, 2.45) is 5.92 Å². The number of carbonyl (C=O) groups excluding carboxylic acids is 3. The van der Waals surface area contributed by atoms with Crippen molar-refractivity contribution >= 4 is 23.5 Å². The Hall–Kier alpha value is -2.57. The second-order valence-corrected chi connectivity index (χ2v) is 9.92. The second kappa shape index (κ2) is 15.4. The fourth-order valence-electron chi connectivity index (χ4n) is 4.54. The molecule has 7 nitrogen and oxygen atoms in total. The summed E-state index contributed by atoms with van der Waals surface area (Å²) in [5.41, 5.74) is 0.753. The monoisotopic (exact) mass is 486 g/mol. The van der Waals surface area contributed by atoms with Gasteiger partial charge in [-0.15, -0.1) is 0 Å². The molecule has 4 amide bonds. The lowest BCUT2D eigenvalue weighted by atomic mass is 9.96. The van der Waals surface area contributed by atoms with E-state index in [2.05, 4.69) is 17.6 Å². The summed E-state index contributed by atoms with van der Waals surface area (Å²) in [6.45, 7) is 9.62. The Balaban J connectivity index is 1.85. The molecule has 0 bridgehead atoms. The summed E-state index contributed by atoms with van der Waals surface area (Å²) in [5, 5.41) is 5.96. The van der Waals surface area contributed by atoms with Crippen LogP contribution in [0.3, 0.4) is 0 Å². The van der Waals surface area contributed by atoms with E-state index >= 15 is 0 Å². The number of hydrogen-bond acceptors (Lipinski definition) is 3. The number of anilines is 1. The summed E-state index contributed by atoms with van der Waals surface area (Å²) in [4.78, 5) is 42.4. The lowest BCUT2D eigenvalue weighted by Gasteiger charge is -2.41. The highest BCUT2D eigenvalue weighted by atomic mass is 16.2. The molecule has 196 valence electrons. The van der Waals surface area contributed by atoms with Gasteiger partial charge in [0.2, 0.25) is 11.8 Å². The number of amides is 4. The standard InChI is InChI=1S/C28H46N4O3/c1-5-7-8-9-10-11-15-18-25(33)30-26(22(3)6-2)27(34)31-19-20-32(23(4)21-31)28(35)29-24-16-13-12-14-17-24/h12-14,16-17,22-23,26H,5-11,15,18-21H2,1-4H3,(H,29,35)(H,30,33). The van der Waals surface area contributed by atoms with Crippen molar-refractivity contribution < 1.29 is 14.4 Å². The Morgan fingerprint density at radius 3 is 2.26 bits per heavy atom. The average Bonchev–Trinajstić information content (AvgIpc) is 2.86. The van der Waals surface area contributed by atoms with Gasteiger partial charge >= 0.3 is 6.03 Å². The first-order chi connectivity index (χ1) is 16.9. The summed E-state index contributed by atoms with van der Waals surface area (Å²) in [7, 11) is 0. The SMILES string of the molecule is CCCCCCCCCC(=O)NC(C(=O)N1CCN(C(=O)Nc2ccccc2)C(C)C1)C(C)CC. The van der Waals surface area contributed by atoms with E-state index in [1.807, 2.05) is 56.0 Å². The molecule has 1 aliphatic heterocycles. The lowest BCUT2D eigenvalue weighted by molar-refractivity contribution is -0.139. The fraction of sp³-hybridized carbons (Fsp3) is 0.679. The van der Waals surface area contributed by atoms with Gasteiger partial charge in [0.05, 0.1) is 0 Å². The minimum absolute atomic E-state index is 0.0360. The number of unbranched alkanes of at least 4 members (excludes halogenated alkanes) is 6. The van der Waals surface area contributed by atoms with Crippen molar-refractivity contribution in [1.82, 2.24) is 15.1 Å². The number of benzene rings is 1. The summed E-state index contributed by atoms with van der Waals surface area (Å²) < 4.78 is 0. The van der Waals surface area contributed by atoms with Gasteiger partial charge in [-0.3, -0.25) is 9.59 Å². The molecular weight excluding hydrogens is 440 g/mol. The van der Waals surface area contributed by atoms with Gasteiger partial charge in [-0.05, 0) is 31.4 Å². The molecule has 1 aromatic carbocycles. The number of rotatable bonds is 13. The normalized spacial score (nSPS) is 17.5. The van der Waals surface area contributed by atoms with Crippen molar-refractivity contribution in [3.05, 3.63) is 30.3 Å². The Labute approximate surface area is 212 Å². The Kier molecular flexibility index (Phi) is 12.6. The Morgan fingerprint density at radius 2 is 1.63 bits per heavy atom. The highest BCUT2D eigenvalue weighted by Crippen LogP contribution is 2.18. The first-order valence-corrected chi connectivity index (χ1v) is 13.6. The number of carbonyl (C=O) groups is 3. The molecule has 0 saturated carbocycles. The summed E-state index contributed by atoms with van der Waals surface area (Å²) in [6, 6.07) is 8.59. The molecule has 3 atom stereocenters.